The third kappa shape index (κ3) is 4.20. The van der Waals surface area contributed by atoms with Crippen LogP contribution >= 0.6 is 0 Å². The number of hydrogen-bond acceptors (Lipinski definition) is 2. The first-order chi connectivity index (χ1) is 9.19. The lowest BCUT2D eigenvalue weighted by atomic mass is 10.0. The van der Waals surface area contributed by atoms with Gasteiger partial charge in [0.05, 0.1) is 7.11 Å². The summed E-state index contributed by atoms with van der Waals surface area (Å²) in [5, 5.41) is 3.56. The average Bonchev–Trinajstić information content (AvgIpc) is 2.61. The molecule has 1 aromatic carbocycles. The lowest BCUT2D eigenvalue weighted by molar-refractivity contribution is 0.385. The Morgan fingerprint density at radius 3 is 2.84 bits per heavy atom. The van der Waals surface area contributed by atoms with Crippen LogP contribution in [-0.4, -0.2) is 13.2 Å². The van der Waals surface area contributed by atoms with Crippen molar-refractivity contribution < 1.29 is 9.13 Å². The maximum atomic E-state index is 13.6. The van der Waals surface area contributed by atoms with Gasteiger partial charge in [-0.3, -0.25) is 0 Å². The summed E-state index contributed by atoms with van der Waals surface area (Å²) in [5.74, 6) is 0.883. The zero-order valence-corrected chi connectivity index (χ0v) is 11.9. The summed E-state index contributed by atoms with van der Waals surface area (Å²) in [7, 11) is 1.49. The summed E-state index contributed by atoms with van der Waals surface area (Å²) >= 11 is 0. The maximum absolute atomic E-state index is 13.6. The number of nitrogens with one attached hydrogen (secondary N) is 1. The van der Waals surface area contributed by atoms with Gasteiger partial charge in [-0.2, -0.15) is 0 Å². The Hall–Kier alpha value is -1.09. The number of halogens is 1. The van der Waals surface area contributed by atoms with E-state index in [-0.39, 0.29) is 5.82 Å². The van der Waals surface area contributed by atoms with E-state index in [1.54, 1.807) is 12.1 Å². The monoisotopic (exact) mass is 265 g/mol. The molecule has 1 fully saturated rings. The molecule has 2 nitrogen and oxygen atoms in total. The molecule has 0 heterocycles. The van der Waals surface area contributed by atoms with Gasteiger partial charge in [-0.25, -0.2) is 4.39 Å². The third-order valence-corrected chi connectivity index (χ3v) is 4.07. The number of methoxy groups -OCH3 is 1. The predicted molar refractivity (Wildman–Crippen MR) is 75.8 cm³/mol. The Morgan fingerprint density at radius 1 is 1.26 bits per heavy atom. The molecule has 0 spiro atoms. The SMILES string of the molecule is COc1ccc(CNC2CCCC(C)CC2)cc1F. The molecule has 0 radical (unpaired) electrons. The number of rotatable bonds is 4. The zero-order chi connectivity index (χ0) is 13.7. The number of benzene rings is 1. The summed E-state index contributed by atoms with van der Waals surface area (Å²) in [4.78, 5) is 0. The van der Waals surface area contributed by atoms with Crippen molar-refractivity contribution in [1.82, 2.24) is 5.32 Å². The molecule has 1 aliphatic rings. The minimum Gasteiger partial charge on any atom is -0.494 e. The van der Waals surface area contributed by atoms with Crippen molar-refractivity contribution in [3.05, 3.63) is 29.6 Å². The third-order valence-electron chi connectivity index (χ3n) is 4.07. The topological polar surface area (TPSA) is 21.3 Å². The smallest absolute Gasteiger partial charge is 0.165 e. The van der Waals surface area contributed by atoms with E-state index in [1.165, 1.54) is 39.2 Å². The molecule has 1 aliphatic carbocycles. The molecule has 2 unspecified atom stereocenters. The second-order valence-electron chi connectivity index (χ2n) is 5.66. The van der Waals surface area contributed by atoms with Crippen LogP contribution in [-0.2, 0) is 6.54 Å². The highest BCUT2D eigenvalue weighted by Crippen LogP contribution is 2.23. The van der Waals surface area contributed by atoms with E-state index in [9.17, 15) is 4.39 Å². The van der Waals surface area contributed by atoms with Gasteiger partial charge in [0.1, 0.15) is 0 Å². The van der Waals surface area contributed by atoms with Gasteiger partial charge in [-0.05, 0) is 42.9 Å². The minimum absolute atomic E-state index is 0.281. The molecule has 0 bridgehead atoms. The minimum atomic E-state index is -0.281. The lowest BCUT2D eigenvalue weighted by Crippen LogP contribution is -2.28. The predicted octanol–water partition coefficient (Wildman–Crippen LogP) is 3.89. The molecule has 3 heteroatoms. The summed E-state index contributed by atoms with van der Waals surface area (Å²) < 4.78 is 18.5. The Kier molecular flexibility index (Phi) is 5.20. The van der Waals surface area contributed by atoms with Crippen molar-refractivity contribution in [3.8, 4) is 5.75 Å². The first-order valence-corrected chi connectivity index (χ1v) is 7.25. The number of hydrogen-bond donors (Lipinski definition) is 1. The van der Waals surface area contributed by atoms with Gasteiger partial charge in [-0.1, -0.05) is 25.8 Å². The van der Waals surface area contributed by atoms with Gasteiger partial charge in [0, 0.05) is 12.6 Å². The molecular formula is C16H24FNO. The maximum Gasteiger partial charge on any atom is 0.165 e. The van der Waals surface area contributed by atoms with E-state index < -0.39 is 0 Å². The first-order valence-electron chi connectivity index (χ1n) is 7.25. The molecule has 0 aromatic heterocycles. The fourth-order valence-corrected chi connectivity index (χ4v) is 2.77. The summed E-state index contributed by atoms with van der Waals surface area (Å²) in [6.07, 6.45) is 6.42. The van der Waals surface area contributed by atoms with Gasteiger partial charge < -0.3 is 10.1 Å². The Morgan fingerprint density at radius 2 is 2.11 bits per heavy atom. The molecule has 2 atom stereocenters. The highest BCUT2D eigenvalue weighted by atomic mass is 19.1. The van der Waals surface area contributed by atoms with E-state index in [4.69, 9.17) is 4.74 Å². The second-order valence-corrected chi connectivity index (χ2v) is 5.66. The second kappa shape index (κ2) is 6.90. The van der Waals surface area contributed by atoms with Gasteiger partial charge in [0.2, 0.25) is 0 Å². The van der Waals surface area contributed by atoms with Crippen LogP contribution in [0.1, 0.15) is 44.6 Å². The van der Waals surface area contributed by atoms with Crippen molar-refractivity contribution in [1.29, 1.82) is 0 Å². The normalized spacial score (nSPS) is 23.9. The molecule has 1 saturated carbocycles. The van der Waals surface area contributed by atoms with Gasteiger partial charge in [0.15, 0.2) is 11.6 Å². The molecule has 0 aliphatic heterocycles. The Bertz CT molecular complexity index is 408. The molecule has 0 amide bonds. The molecule has 1 aromatic rings. The molecule has 19 heavy (non-hydrogen) atoms. The van der Waals surface area contributed by atoms with E-state index in [2.05, 4.69) is 12.2 Å². The first kappa shape index (κ1) is 14.3. The molecule has 1 N–H and O–H groups in total. The van der Waals surface area contributed by atoms with Gasteiger partial charge in [-0.15, -0.1) is 0 Å². The Balaban J connectivity index is 1.86. The van der Waals surface area contributed by atoms with Gasteiger partial charge in [0.25, 0.3) is 0 Å². The fourth-order valence-electron chi connectivity index (χ4n) is 2.77. The van der Waals surface area contributed by atoms with Crippen LogP contribution in [0.2, 0.25) is 0 Å². The van der Waals surface area contributed by atoms with Crippen molar-refractivity contribution in [2.45, 2.75) is 51.6 Å². The standard InChI is InChI=1S/C16H24FNO/c1-12-4-3-5-14(8-6-12)18-11-13-7-9-16(19-2)15(17)10-13/h7,9-10,12,14,18H,3-6,8,11H2,1-2H3. The average molecular weight is 265 g/mol. The fraction of sp³-hybridized carbons (Fsp3) is 0.625. The van der Waals surface area contributed by atoms with E-state index in [0.29, 0.717) is 11.8 Å². The summed E-state index contributed by atoms with van der Waals surface area (Å²) in [5.41, 5.74) is 0.982. The molecule has 0 saturated heterocycles. The number of ether oxygens (including phenoxy) is 1. The van der Waals surface area contributed by atoms with E-state index in [0.717, 1.165) is 18.0 Å². The highest BCUT2D eigenvalue weighted by molar-refractivity contribution is 5.29. The summed E-state index contributed by atoms with van der Waals surface area (Å²) in [6, 6.07) is 5.76. The lowest BCUT2D eigenvalue weighted by Gasteiger charge is -2.16. The zero-order valence-electron chi connectivity index (χ0n) is 11.9. The molecular weight excluding hydrogens is 241 g/mol. The van der Waals surface area contributed by atoms with Crippen LogP contribution in [0.4, 0.5) is 4.39 Å². The molecule has 106 valence electrons. The van der Waals surface area contributed by atoms with Crippen LogP contribution in [0.15, 0.2) is 18.2 Å². The quantitative estimate of drug-likeness (QED) is 0.834. The van der Waals surface area contributed by atoms with Crippen LogP contribution in [0.5, 0.6) is 5.75 Å². The van der Waals surface area contributed by atoms with E-state index >= 15 is 0 Å². The van der Waals surface area contributed by atoms with Crippen molar-refractivity contribution >= 4 is 0 Å². The van der Waals surface area contributed by atoms with Crippen LogP contribution in [0.3, 0.4) is 0 Å². The van der Waals surface area contributed by atoms with Crippen LogP contribution in [0, 0.1) is 11.7 Å². The van der Waals surface area contributed by atoms with Crippen molar-refractivity contribution in [3.63, 3.8) is 0 Å². The van der Waals surface area contributed by atoms with E-state index in [1.807, 2.05) is 6.07 Å². The van der Waals surface area contributed by atoms with Crippen LogP contribution in [0.25, 0.3) is 0 Å². The summed E-state index contributed by atoms with van der Waals surface area (Å²) in [6.45, 7) is 3.07. The van der Waals surface area contributed by atoms with Crippen molar-refractivity contribution in [2.24, 2.45) is 5.92 Å². The highest BCUT2D eigenvalue weighted by Gasteiger charge is 2.15. The molecule has 2 rings (SSSR count). The largest absolute Gasteiger partial charge is 0.494 e. The Labute approximate surface area is 115 Å². The van der Waals surface area contributed by atoms with Crippen LogP contribution < -0.4 is 10.1 Å². The van der Waals surface area contributed by atoms with Gasteiger partial charge >= 0.3 is 0 Å². The van der Waals surface area contributed by atoms with Crippen molar-refractivity contribution in [2.75, 3.05) is 7.11 Å².